The molecule has 0 saturated heterocycles. The molecule has 1 aromatic rings. The van der Waals surface area contributed by atoms with Crippen LogP contribution in [-0.2, 0) is 10.0 Å². The number of benzene rings is 1. The van der Waals surface area contributed by atoms with Crippen LogP contribution < -0.4 is 5.73 Å². The van der Waals surface area contributed by atoms with Crippen molar-refractivity contribution in [2.24, 2.45) is 5.92 Å². The number of sulfonamides is 1. The van der Waals surface area contributed by atoms with Crippen molar-refractivity contribution in [3.8, 4) is 0 Å². The summed E-state index contributed by atoms with van der Waals surface area (Å²) in [5.74, 6) is -0.255. The van der Waals surface area contributed by atoms with E-state index in [2.05, 4.69) is 0 Å². The summed E-state index contributed by atoms with van der Waals surface area (Å²) in [4.78, 5) is -0.0274. The lowest BCUT2D eigenvalue weighted by atomic mass is 9.85. The lowest BCUT2D eigenvalue weighted by Gasteiger charge is -2.31. The second-order valence-corrected chi connectivity index (χ2v) is 6.87. The third-order valence-corrected chi connectivity index (χ3v) is 5.59. The molecule has 0 bridgehead atoms. The van der Waals surface area contributed by atoms with E-state index in [-0.39, 0.29) is 10.6 Å². The molecule has 1 saturated carbocycles. The van der Waals surface area contributed by atoms with Crippen molar-refractivity contribution < 1.29 is 12.8 Å². The second-order valence-electron chi connectivity index (χ2n) is 4.94. The summed E-state index contributed by atoms with van der Waals surface area (Å²) in [5.41, 5.74) is 5.33. The molecule has 1 aromatic carbocycles. The van der Waals surface area contributed by atoms with Crippen LogP contribution in [0.25, 0.3) is 0 Å². The van der Waals surface area contributed by atoms with E-state index in [0.29, 0.717) is 19.0 Å². The number of hydrogen-bond acceptors (Lipinski definition) is 3. The fourth-order valence-electron chi connectivity index (χ4n) is 2.18. The molecule has 0 amide bonds. The maximum absolute atomic E-state index is 13.4. The first-order valence-corrected chi connectivity index (χ1v) is 7.94. The smallest absolute Gasteiger partial charge is 0.243 e. The Kier molecular flexibility index (Phi) is 4.10. The Morgan fingerprint density at radius 1 is 1.42 bits per heavy atom. The first-order valence-electron chi connectivity index (χ1n) is 6.50. The third kappa shape index (κ3) is 2.90. The molecule has 6 heteroatoms. The molecule has 0 spiro atoms. The van der Waals surface area contributed by atoms with E-state index in [1.165, 1.54) is 22.9 Å². The predicted octanol–water partition coefficient (Wildman–Crippen LogP) is 2.22. The third-order valence-electron chi connectivity index (χ3n) is 3.65. The summed E-state index contributed by atoms with van der Waals surface area (Å²) >= 11 is 0. The molecule has 0 unspecified atom stereocenters. The van der Waals surface area contributed by atoms with Crippen molar-refractivity contribution in [1.29, 1.82) is 0 Å². The van der Waals surface area contributed by atoms with Crippen LogP contribution in [0.2, 0.25) is 0 Å². The molecule has 0 heterocycles. The average Bonchev–Trinajstić information content (AvgIpc) is 2.31. The van der Waals surface area contributed by atoms with Crippen molar-refractivity contribution in [2.45, 2.75) is 31.1 Å². The first-order chi connectivity index (χ1) is 8.95. The minimum absolute atomic E-state index is 0.0274. The van der Waals surface area contributed by atoms with Crippen LogP contribution >= 0.6 is 0 Å². The molecule has 4 nitrogen and oxygen atoms in total. The number of anilines is 1. The molecule has 0 aliphatic heterocycles. The molecule has 1 fully saturated rings. The highest BCUT2D eigenvalue weighted by molar-refractivity contribution is 7.89. The van der Waals surface area contributed by atoms with Gasteiger partial charge >= 0.3 is 0 Å². The molecular formula is C13H19FN2O2S. The highest BCUT2D eigenvalue weighted by Crippen LogP contribution is 2.29. The fraction of sp³-hybridized carbons (Fsp3) is 0.538. The molecule has 0 atom stereocenters. The van der Waals surface area contributed by atoms with Gasteiger partial charge in [-0.1, -0.05) is 13.3 Å². The highest BCUT2D eigenvalue weighted by atomic mass is 32.2. The highest BCUT2D eigenvalue weighted by Gasteiger charge is 2.28. The molecular weight excluding hydrogens is 267 g/mol. The second kappa shape index (κ2) is 5.46. The van der Waals surface area contributed by atoms with E-state index in [4.69, 9.17) is 5.73 Å². The Bertz CT molecular complexity index is 556. The van der Waals surface area contributed by atoms with Crippen molar-refractivity contribution in [3.05, 3.63) is 24.0 Å². The number of halogens is 1. The summed E-state index contributed by atoms with van der Waals surface area (Å²) < 4.78 is 39.7. The maximum atomic E-state index is 13.4. The first kappa shape index (κ1) is 14.3. The van der Waals surface area contributed by atoms with E-state index >= 15 is 0 Å². The largest absolute Gasteiger partial charge is 0.396 e. The zero-order valence-electron chi connectivity index (χ0n) is 11.0. The lowest BCUT2D eigenvalue weighted by molar-refractivity contribution is 0.250. The van der Waals surface area contributed by atoms with E-state index in [1.807, 2.05) is 0 Å². The zero-order valence-corrected chi connectivity index (χ0v) is 11.8. The summed E-state index contributed by atoms with van der Waals surface area (Å²) in [6, 6.07) is 3.64. The molecule has 19 heavy (non-hydrogen) atoms. The Morgan fingerprint density at radius 2 is 2.11 bits per heavy atom. The molecule has 2 rings (SSSR count). The van der Waals surface area contributed by atoms with Gasteiger partial charge in [0, 0.05) is 13.1 Å². The van der Waals surface area contributed by atoms with Crippen molar-refractivity contribution >= 4 is 15.7 Å². The van der Waals surface area contributed by atoms with Crippen LogP contribution in [0.1, 0.15) is 26.2 Å². The quantitative estimate of drug-likeness (QED) is 0.844. The lowest BCUT2D eigenvalue weighted by Crippen LogP contribution is -2.37. The molecule has 0 radical (unpaired) electrons. The van der Waals surface area contributed by atoms with Crippen LogP contribution in [0, 0.1) is 11.7 Å². The topological polar surface area (TPSA) is 63.4 Å². The molecule has 2 N–H and O–H groups in total. The molecule has 0 aromatic heterocycles. The van der Waals surface area contributed by atoms with Crippen molar-refractivity contribution in [1.82, 2.24) is 4.31 Å². The Balaban J connectivity index is 2.25. The Hall–Kier alpha value is -1.14. The van der Waals surface area contributed by atoms with Gasteiger partial charge in [-0.3, -0.25) is 0 Å². The monoisotopic (exact) mass is 286 g/mol. The molecule has 1 aliphatic carbocycles. The van der Waals surface area contributed by atoms with Gasteiger partial charge in [0.05, 0.1) is 10.6 Å². The van der Waals surface area contributed by atoms with Crippen LogP contribution in [0.5, 0.6) is 0 Å². The summed E-state index contributed by atoms with van der Waals surface area (Å²) in [6.45, 7) is 2.71. The number of hydrogen-bond donors (Lipinski definition) is 1. The van der Waals surface area contributed by atoms with Gasteiger partial charge < -0.3 is 5.73 Å². The summed E-state index contributed by atoms with van der Waals surface area (Å²) in [6.07, 6.45) is 3.31. The number of nitrogens with zero attached hydrogens (tertiary/aromatic N) is 1. The average molecular weight is 286 g/mol. The van der Waals surface area contributed by atoms with Crippen molar-refractivity contribution in [2.75, 3.05) is 18.8 Å². The summed E-state index contributed by atoms with van der Waals surface area (Å²) in [5, 5.41) is 0. The van der Waals surface area contributed by atoms with E-state index in [0.717, 1.165) is 18.9 Å². The van der Waals surface area contributed by atoms with Gasteiger partial charge in [0.2, 0.25) is 10.0 Å². The number of nitrogens with two attached hydrogens (primary N) is 1. The van der Waals surface area contributed by atoms with Gasteiger partial charge in [-0.15, -0.1) is 0 Å². The van der Waals surface area contributed by atoms with E-state index in [1.54, 1.807) is 6.92 Å². The minimum atomic E-state index is -3.62. The Labute approximate surface area is 113 Å². The van der Waals surface area contributed by atoms with Gasteiger partial charge in [0.25, 0.3) is 0 Å². The van der Waals surface area contributed by atoms with Crippen LogP contribution in [0.3, 0.4) is 0 Å². The van der Waals surface area contributed by atoms with Crippen LogP contribution in [0.15, 0.2) is 23.1 Å². The fourth-order valence-corrected chi connectivity index (χ4v) is 3.72. The predicted molar refractivity (Wildman–Crippen MR) is 72.6 cm³/mol. The van der Waals surface area contributed by atoms with Gasteiger partial charge in [-0.05, 0) is 37.0 Å². The zero-order chi connectivity index (χ0) is 14.0. The standard InChI is InChI=1S/C13H19FN2O2S/c1-2-16(9-10-4-3-5-10)19(17,18)11-6-7-13(15)12(14)8-11/h6-8,10H,2-5,9,15H2,1H3. The van der Waals surface area contributed by atoms with Gasteiger partial charge in [-0.25, -0.2) is 12.8 Å². The molecule has 106 valence electrons. The SMILES string of the molecule is CCN(CC1CCC1)S(=O)(=O)c1ccc(N)c(F)c1. The summed E-state index contributed by atoms with van der Waals surface area (Å²) in [7, 11) is -3.62. The van der Waals surface area contributed by atoms with Gasteiger partial charge in [0.1, 0.15) is 5.82 Å². The van der Waals surface area contributed by atoms with Crippen LogP contribution in [0.4, 0.5) is 10.1 Å². The Morgan fingerprint density at radius 3 is 2.58 bits per heavy atom. The van der Waals surface area contributed by atoms with E-state index in [9.17, 15) is 12.8 Å². The van der Waals surface area contributed by atoms with Gasteiger partial charge in [-0.2, -0.15) is 4.31 Å². The van der Waals surface area contributed by atoms with Gasteiger partial charge in [0.15, 0.2) is 0 Å². The number of nitrogen functional groups attached to an aromatic ring is 1. The van der Waals surface area contributed by atoms with E-state index < -0.39 is 15.8 Å². The molecule has 1 aliphatic rings. The van der Waals surface area contributed by atoms with Crippen molar-refractivity contribution in [3.63, 3.8) is 0 Å². The minimum Gasteiger partial charge on any atom is -0.396 e. The maximum Gasteiger partial charge on any atom is 0.243 e. The number of rotatable bonds is 5. The normalized spacial score (nSPS) is 16.6. The van der Waals surface area contributed by atoms with Crippen LogP contribution in [-0.4, -0.2) is 25.8 Å².